The van der Waals surface area contributed by atoms with Crippen LogP contribution >= 0.6 is 0 Å². The summed E-state index contributed by atoms with van der Waals surface area (Å²) in [4.78, 5) is 14.2. The number of ether oxygens (including phenoxy) is 1. The molecule has 1 aliphatic heterocycles. The van der Waals surface area contributed by atoms with Crippen LogP contribution in [0.15, 0.2) is 23.1 Å². The van der Waals surface area contributed by atoms with Crippen LogP contribution in [0, 0.1) is 17.8 Å². The molecule has 1 amide bonds. The predicted octanol–water partition coefficient (Wildman–Crippen LogP) is 0.979. The molecule has 3 aliphatic rings. The molecule has 0 spiro atoms. The van der Waals surface area contributed by atoms with E-state index in [4.69, 9.17) is 4.74 Å². The van der Waals surface area contributed by atoms with Gasteiger partial charge in [-0.1, -0.05) is 6.42 Å². The summed E-state index contributed by atoms with van der Waals surface area (Å²) in [6.45, 7) is 2.60. The Bertz CT molecular complexity index is 865. The van der Waals surface area contributed by atoms with Crippen molar-refractivity contribution in [3.8, 4) is 5.75 Å². The first-order valence-electron chi connectivity index (χ1n) is 10.7. The molecule has 1 aromatic carbocycles. The maximum absolute atomic E-state index is 13.1. The highest BCUT2D eigenvalue weighted by atomic mass is 32.2. The van der Waals surface area contributed by atoms with Crippen LogP contribution in [0.3, 0.4) is 0 Å². The molecule has 7 nitrogen and oxygen atoms in total. The Kier molecular flexibility index (Phi) is 5.86. The van der Waals surface area contributed by atoms with Crippen LogP contribution in [0.4, 0.5) is 5.69 Å². The van der Waals surface area contributed by atoms with E-state index in [1.54, 1.807) is 12.1 Å². The molecule has 1 heterocycles. The Labute approximate surface area is 173 Å². The standard InChI is InChI=1S/C21H31N3O4S/c1-23-7-9-24(10-8-23)29(26,27)18-5-6-20(28-2)19(14-18)22-21(25)13-17-12-15-3-4-16(17)11-15/h5-6,14-17H,3-4,7-13H2,1-2H3,(H,22,25)/p+1/t15-,16-,17+/m1/s1. The summed E-state index contributed by atoms with van der Waals surface area (Å²) in [6.07, 6.45) is 5.47. The fourth-order valence-corrected chi connectivity index (χ4v) is 6.74. The number of benzene rings is 1. The number of amides is 1. The molecule has 2 N–H and O–H groups in total. The molecule has 29 heavy (non-hydrogen) atoms. The van der Waals surface area contributed by atoms with Crippen molar-refractivity contribution in [3.05, 3.63) is 18.2 Å². The Morgan fingerprint density at radius 1 is 1.24 bits per heavy atom. The van der Waals surface area contributed by atoms with Crippen LogP contribution in [0.5, 0.6) is 5.75 Å². The third-order valence-electron chi connectivity index (χ3n) is 6.99. The van der Waals surface area contributed by atoms with E-state index in [0.717, 1.165) is 25.4 Å². The van der Waals surface area contributed by atoms with Crippen LogP contribution in [0.2, 0.25) is 0 Å². The number of nitrogens with one attached hydrogen (secondary N) is 2. The zero-order chi connectivity index (χ0) is 20.6. The molecule has 160 valence electrons. The third-order valence-corrected chi connectivity index (χ3v) is 8.89. The minimum absolute atomic E-state index is 0.0569. The summed E-state index contributed by atoms with van der Waals surface area (Å²) < 4.78 is 33.0. The highest BCUT2D eigenvalue weighted by Crippen LogP contribution is 2.49. The second-order valence-corrected chi connectivity index (χ2v) is 10.8. The summed E-state index contributed by atoms with van der Waals surface area (Å²) >= 11 is 0. The second kappa shape index (κ2) is 8.24. The Balaban J connectivity index is 1.48. The minimum Gasteiger partial charge on any atom is -0.495 e. The van der Waals surface area contributed by atoms with Crippen molar-refractivity contribution < 1.29 is 22.8 Å². The van der Waals surface area contributed by atoms with Gasteiger partial charge in [0, 0.05) is 6.42 Å². The molecule has 0 aromatic heterocycles. The second-order valence-electron chi connectivity index (χ2n) is 8.91. The Morgan fingerprint density at radius 2 is 2.00 bits per heavy atom. The maximum Gasteiger partial charge on any atom is 0.243 e. The molecule has 3 atom stereocenters. The van der Waals surface area contributed by atoms with Gasteiger partial charge >= 0.3 is 0 Å². The number of anilines is 1. The van der Waals surface area contributed by atoms with Gasteiger partial charge in [-0.05, 0) is 55.2 Å². The minimum atomic E-state index is -3.58. The highest BCUT2D eigenvalue weighted by molar-refractivity contribution is 7.89. The normalized spacial score (nSPS) is 27.9. The number of methoxy groups -OCH3 is 1. The van der Waals surface area contributed by atoms with Crippen molar-refractivity contribution >= 4 is 21.6 Å². The Morgan fingerprint density at radius 3 is 2.62 bits per heavy atom. The highest BCUT2D eigenvalue weighted by Gasteiger charge is 2.40. The number of rotatable bonds is 6. The van der Waals surface area contributed by atoms with Gasteiger partial charge in [0.15, 0.2) is 0 Å². The van der Waals surface area contributed by atoms with Crippen LogP contribution < -0.4 is 15.0 Å². The van der Waals surface area contributed by atoms with E-state index in [9.17, 15) is 13.2 Å². The van der Waals surface area contributed by atoms with Crippen LogP contribution in [-0.2, 0) is 14.8 Å². The van der Waals surface area contributed by atoms with Gasteiger partial charge in [0.25, 0.3) is 0 Å². The van der Waals surface area contributed by atoms with E-state index in [0.29, 0.717) is 42.8 Å². The van der Waals surface area contributed by atoms with E-state index in [2.05, 4.69) is 12.4 Å². The van der Waals surface area contributed by atoms with Gasteiger partial charge in [-0.15, -0.1) is 0 Å². The zero-order valence-corrected chi connectivity index (χ0v) is 18.1. The number of likely N-dealkylation sites (N-methyl/N-ethyl adjacent to an activating group) is 1. The maximum atomic E-state index is 13.1. The van der Waals surface area contributed by atoms with Crippen molar-refractivity contribution in [2.75, 3.05) is 45.7 Å². The smallest absolute Gasteiger partial charge is 0.243 e. The van der Waals surface area contributed by atoms with Crippen molar-refractivity contribution in [1.29, 1.82) is 0 Å². The fourth-order valence-electron chi connectivity index (χ4n) is 5.27. The summed E-state index contributed by atoms with van der Waals surface area (Å²) in [5, 5.41) is 2.92. The number of carbonyl (C=O) groups is 1. The van der Waals surface area contributed by atoms with Crippen molar-refractivity contribution in [2.45, 2.75) is 37.0 Å². The molecular weight excluding hydrogens is 390 g/mol. The molecule has 8 heteroatoms. The molecular formula is C21H32N3O4S+. The molecule has 2 saturated carbocycles. The van der Waals surface area contributed by atoms with Gasteiger partial charge in [0.2, 0.25) is 15.9 Å². The largest absolute Gasteiger partial charge is 0.495 e. The monoisotopic (exact) mass is 422 g/mol. The molecule has 1 aromatic rings. The predicted molar refractivity (Wildman–Crippen MR) is 111 cm³/mol. The first-order valence-corrected chi connectivity index (χ1v) is 12.1. The van der Waals surface area contributed by atoms with E-state index in [1.807, 2.05) is 0 Å². The number of piperazine rings is 1. The number of quaternary nitrogens is 1. The molecule has 0 radical (unpaired) electrons. The summed E-state index contributed by atoms with van der Waals surface area (Å²) in [5.41, 5.74) is 0.432. The number of carbonyl (C=O) groups excluding carboxylic acids is 1. The molecule has 2 aliphatic carbocycles. The van der Waals surface area contributed by atoms with Crippen molar-refractivity contribution in [2.24, 2.45) is 17.8 Å². The van der Waals surface area contributed by atoms with E-state index < -0.39 is 10.0 Å². The quantitative estimate of drug-likeness (QED) is 0.716. The van der Waals surface area contributed by atoms with E-state index in [1.165, 1.54) is 41.6 Å². The third kappa shape index (κ3) is 4.29. The van der Waals surface area contributed by atoms with E-state index in [-0.39, 0.29) is 10.8 Å². The van der Waals surface area contributed by atoms with Crippen molar-refractivity contribution in [1.82, 2.24) is 4.31 Å². The van der Waals surface area contributed by atoms with Crippen LogP contribution in [0.1, 0.15) is 32.1 Å². The summed E-state index contributed by atoms with van der Waals surface area (Å²) in [6, 6.07) is 4.73. The van der Waals surface area contributed by atoms with Gasteiger partial charge in [-0.3, -0.25) is 4.79 Å². The number of sulfonamides is 1. The molecule has 3 fully saturated rings. The van der Waals surface area contributed by atoms with Gasteiger partial charge in [-0.2, -0.15) is 4.31 Å². The lowest BCUT2D eigenvalue weighted by Gasteiger charge is -2.29. The SMILES string of the molecule is COc1ccc(S(=O)(=O)N2CC[NH+](C)CC2)cc1NC(=O)C[C@@H]1C[C@@H]2CC[C@@H]1C2. The average Bonchev–Trinajstić information content (AvgIpc) is 3.31. The summed E-state index contributed by atoms with van der Waals surface area (Å²) in [7, 11) is 0.0118. The first-order chi connectivity index (χ1) is 13.9. The molecule has 1 saturated heterocycles. The van der Waals surface area contributed by atoms with Gasteiger partial charge in [0.05, 0.1) is 50.9 Å². The molecule has 4 rings (SSSR count). The van der Waals surface area contributed by atoms with Gasteiger partial charge < -0.3 is 15.0 Å². The lowest BCUT2D eigenvalue weighted by molar-refractivity contribution is -0.883. The lowest BCUT2D eigenvalue weighted by Crippen LogP contribution is -3.12. The topological polar surface area (TPSA) is 80.2 Å². The van der Waals surface area contributed by atoms with Crippen molar-refractivity contribution in [3.63, 3.8) is 0 Å². The van der Waals surface area contributed by atoms with E-state index >= 15 is 0 Å². The summed E-state index contributed by atoms with van der Waals surface area (Å²) in [5.74, 6) is 2.36. The number of nitrogens with zero attached hydrogens (tertiary/aromatic N) is 1. The van der Waals surface area contributed by atoms with Gasteiger partial charge in [-0.25, -0.2) is 8.42 Å². The van der Waals surface area contributed by atoms with Gasteiger partial charge in [0.1, 0.15) is 5.75 Å². The number of hydrogen-bond acceptors (Lipinski definition) is 4. The Hall–Kier alpha value is -1.64. The van der Waals surface area contributed by atoms with Crippen LogP contribution in [0.25, 0.3) is 0 Å². The fraction of sp³-hybridized carbons (Fsp3) is 0.667. The molecule has 2 bridgehead atoms. The first kappa shape index (κ1) is 20.6. The lowest BCUT2D eigenvalue weighted by atomic mass is 9.86. The van der Waals surface area contributed by atoms with Crippen LogP contribution in [-0.4, -0.2) is 59.0 Å². The average molecular weight is 423 g/mol. The molecule has 0 unspecified atom stereocenters. The number of fused-ring (bicyclic) bond motifs is 2. The number of hydrogen-bond donors (Lipinski definition) is 2. The zero-order valence-electron chi connectivity index (χ0n) is 17.3.